The van der Waals surface area contributed by atoms with Crippen LogP contribution in [0.5, 0.6) is 0 Å². The highest BCUT2D eigenvalue weighted by molar-refractivity contribution is 6.07. The lowest BCUT2D eigenvalue weighted by Crippen LogP contribution is -2.31. The second-order valence-corrected chi connectivity index (χ2v) is 8.24. The molecule has 0 radical (unpaired) electrons. The molecule has 3 aromatic rings. The smallest absolute Gasteiger partial charge is 0.174 e. The summed E-state index contributed by atoms with van der Waals surface area (Å²) in [6, 6.07) is 29.6. The molecule has 0 spiro atoms. The van der Waals surface area contributed by atoms with Gasteiger partial charge in [0.1, 0.15) is 0 Å². The third kappa shape index (κ3) is 4.83. The van der Waals surface area contributed by atoms with Crippen molar-refractivity contribution in [3.63, 3.8) is 0 Å². The Hall–Kier alpha value is -2.71. The maximum absolute atomic E-state index is 5.83. The molecule has 2 heteroatoms. The maximum atomic E-state index is 5.83. The largest absolute Gasteiger partial charge is 0.355 e. The molecule has 29 heavy (non-hydrogen) atoms. The fraction of sp³-hybridized carbons (Fsp3) is 0.296. The van der Waals surface area contributed by atoms with Crippen molar-refractivity contribution >= 4 is 5.71 Å². The molecule has 0 fully saturated rings. The summed E-state index contributed by atoms with van der Waals surface area (Å²) in [6.07, 6.45) is -0.352. The van der Waals surface area contributed by atoms with Crippen LogP contribution in [0.4, 0.5) is 0 Å². The average Bonchev–Trinajstić information content (AvgIpc) is 2.75. The number of hydrogen-bond acceptors (Lipinski definition) is 2. The van der Waals surface area contributed by atoms with Gasteiger partial charge in [-0.05, 0) is 22.6 Å². The first-order valence-corrected chi connectivity index (χ1v) is 10.3. The van der Waals surface area contributed by atoms with Gasteiger partial charge >= 0.3 is 0 Å². The van der Waals surface area contributed by atoms with E-state index in [0.717, 1.165) is 16.8 Å². The van der Waals surface area contributed by atoms with Crippen molar-refractivity contribution in [3.05, 3.63) is 107 Å². The highest BCUT2D eigenvalue weighted by atomic mass is 16.5. The van der Waals surface area contributed by atoms with E-state index in [1.807, 2.05) is 12.1 Å². The molecule has 0 saturated heterocycles. The first-order chi connectivity index (χ1) is 13.9. The fourth-order valence-corrected chi connectivity index (χ4v) is 3.61. The van der Waals surface area contributed by atoms with Crippen LogP contribution < -0.4 is 0 Å². The fourth-order valence-electron chi connectivity index (χ4n) is 3.61. The molecule has 3 aromatic carbocycles. The van der Waals surface area contributed by atoms with E-state index >= 15 is 0 Å². The summed E-state index contributed by atoms with van der Waals surface area (Å²) in [5.41, 5.74) is 5.48. The highest BCUT2D eigenvalue weighted by Crippen LogP contribution is 2.31. The summed E-state index contributed by atoms with van der Waals surface area (Å²) >= 11 is 0. The molecule has 0 aromatic heterocycles. The van der Waals surface area contributed by atoms with Gasteiger partial charge in [-0.15, -0.1) is 0 Å². The van der Waals surface area contributed by atoms with Crippen LogP contribution >= 0.6 is 0 Å². The zero-order valence-corrected chi connectivity index (χ0v) is 18.1. The summed E-state index contributed by atoms with van der Waals surface area (Å²) in [4.78, 5) is 5.15. The van der Waals surface area contributed by atoms with Gasteiger partial charge < -0.3 is 4.74 Å². The summed E-state index contributed by atoms with van der Waals surface area (Å²) in [5.74, 6) is 0.505. The van der Waals surface area contributed by atoms with Crippen LogP contribution in [-0.2, 0) is 10.2 Å². The predicted octanol–water partition coefficient (Wildman–Crippen LogP) is 6.92. The van der Waals surface area contributed by atoms with Gasteiger partial charge in [-0.3, -0.25) is 4.99 Å². The maximum Gasteiger partial charge on any atom is 0.174 e. The van der Waals surface area contributed by atoms with Crippen molar-refractivity contribution in [2.24, 2.45) is 4.99 Å². The quantitative estimate of drug-likeness (QED) is 0.404. The monoisotopic (exact) mass is 385 g/mol. The normalized spacial score (nSPS) is 13.5. The van der Waals surface area contributed by atoms with Crippen LogP contribution in [-0.4, -0.2) is 12.8 Å². The van der Waals surface area contributed by atoms with E-state index in [-0.39, 0.29) is 11.6 Å². The molecule has 0 aliphatic heterocycles. The van der Waals surface area contributed by atoms with Crippen LogP contribution in [0, 0.1) is 0 Å². The molecule has 2 nitrogen and oxygen atoms in total. The van der Waals surface area contributed by atoms with Gasteiger partial charge in [0.15, 0.2) is 6.23 Å². The van der Waals surface area contributed by atoms with Crippen LogP contribution in [0.15, 0.2) is 89.9 Å². The molecule has 0 aliphatic rings. The Morgan fingerprint density at radius 1 is 0.759 bits per heavy atom. The number of hydrogen-bond donors (Lipinski definition) is 0. The molecule has 150 valence electrons. The van der Waals surface area contributed by atoms with Gasteiger partial charge in [-0.25, -0.2) is 0 Å². The minimum absolute atomic E-state index is 0.267. The van der Waals surface area contributed by atoms with Gasteiger partial charge in [0.05, 0.1) is 5.71 Å². The lowest BCUT2D eigenvalue weighted by atomic mass is 9.77. The molecule has 0 amide bonds. The van der Waals surface area contributed by atoms with E-state index in [1.54, 1.807) is 7.11 Å². The van der Waals surface area contributed by atoms with Gasteiger partial charge in [0.25, 0.3) is 0 Å². The van der Waals surface area contributed by atoms with Crippen LogP contribution in [0.3, 0.4) is 0 Å². The minimum atomic E-state index is -0.352. The van der Waals surface area contributed by atoms with Gasteiger partial charge in [-0.2, -0.15) is 0 Å². The average molecular weight is 386 g/mol. The number of rotatable bonds is 7. The van der Waals surface area contributed by atoms with Crippen LogP contribution in [0.25, 0.3) is 0 Å². The standard InChI is InChI=1S/C27H31NO/c1-20(2)21-16-18-23(19-17-21)26(29-5)28-25(22-12-8-6-9-13-22)27(3,4)24-14-10-7-11-15-24/h6-20,26H,1-5H3. The van der Waals surface area contributed by atoms with E-state index in [2.05, 4.69) is 100 Å². The van der Waals surface area contributed by atoms with Gasteiger partial charge in [-0.1, -0.05) is 113 Å². The second-order valence-electron chi connectivity index (χ2n) is 8.24. The second kappa shape index (κ2) is 9.19. The Balaban J connectivity index is 2.08. The van der Waals surface area contributed by atoms with E-state index in [4.69, 9.17) is 9.73 Å². The molecular formula is C27H31NO. The Labute approximate surface area is 175 Å². The lowest BCUT2D eigenvalue weighted by molar-refractivity contribution is 0.111. The molecule has 0 bridgehead atoms. The van der Waals surface area contributed by atoms with Crippen molar-refractivity contribution < 1.29 is 4.74 Å². The van der Waals surface area contributed by atoms with Crippen molar-refractivity contribution in [1.82, 2.24) is 0 Å². The summed E-state index contributed by atoms with van der Waals surface area (Å²) in [7, 11) is 1.72. The number of methoxy groups -OCH3 is 1. The molecule has 0 saturated carbocycles. The first-order valence-electron chi connectivity index (χ1n) is 10.3. The number of benzene rings is 3. The number of ether oxygens (including phenoxy) is 1. The third-order valence-electron chi connectivity index (χ3n) is 5.49. The van der Waals surface area contributed by atoms with Crippen LogP contribution in [0.1, 0.15) is 62.1 Å². The van der Waals surface area contributed by atoms with Crippen molar-refractivity contribution in [3.8, 4) is 0 Å². The minimum Gasteiger partial charge on any atom is -0.355 e. The SMILES string of the molecule is COC(N=C(c1ccccc1)C(C)(C)c1ccccc1)c1ccc(C(C)C)cc1. The van der Waals surface area contributed by atoms with Gasteiger partial charge in [0.2, 0.25) is 0 Å². The predicted molar refractivity (Wildman–Crippen MR) is 123 cm³/mol. The Kier molecular flexibility index (Phi) is 6.66. The number of aliphatic imine (C=N–C) groups is 1. The molecule has 0 N–H and O–H groups in total. The zero-order valence-electron chi connectivity index (χ0n) is 18.1. The summed E-state index contributed by atoms with van der Waals surface area (Å²) in [5, 5.41) is 0. The molecular weight excluding hydrogens is 354 g/mol. The molecule has 0 aliphatic carbocycles. The van der Waals surface area contributed by atoms with E-state index < -0.39 is 0 Å². The van der Waals surface area contributed by atoms with Crippen molar-refractivity contribution in [2.45, 2.75) is 45.3 Å². The summed E-state index contributed by atoms with van der Waals surface area (Å²) < 4.78 is 5.83. The molecule has 3 rings (SSSR count). The van der Waals surface area contributed by atoms with Crippen LogP contribution in [0.2, 0.25) is 0 Å². The Morgan fingerprint density at radius 3 is 1.79 bits per heavy atom. The first kappa shape index (κ1) is 21.0. The van der Waals surface area contributed by atoms with E-state index in [0.29, 0.717) is 5.92 Å². The van der Waals surface area contributed by atoms with Crippen molar-refractivity contribution in [1.29, 1.82) is 0 Å². The molecule has 0 heterocycles. The molecule has 1 atom stereocenters. The lowest BCUT2D eigenvalue weighted by Gasteiger charge is -2.29. The number of nitrogens with zero attached hydrogens (tertiary/aromatic N) is 1. The topological polar surface area (TPSA) is 21.6 Å². The zero-order chi connectivity index (χ0) is 20.9. The Bertz CT molecular complexity index is 925. The highest BCUT2D eigenvalue weighted by Gasteiger charge is 2.29. The Morgan fingerprint density at radius 2 is 1.28 bits per heavy atom. The van der Waals surface area contributed by atoms with Crippen molar-refractivity contribution in [2.75, 3.05) is 7.11 Å². The third-order valence-corrected chi connectivity index (χ3v) is 5.49. The molecule has 1 unspecified atom stereocenters. The van der Waals surface area contributed by atoms with E-state index in [9.17, 15) is 0 Å². The summed E-state index contributed by atoms with van der Waals surface area (Å²) in [6.45, 7) is 8.86. The van der Waals surface area contributed by atoms with Gasteiger partial charge in [0, 0.05) is 18.1 Å². The van der Waals surface area contributed by atoms with E-state index in [1.165, 1.54) is 11.1 Å².